The van der Waals surface area contributed by atoms with Gasteiger partial charge in [-0.05, 0) is 12.1 Å². The van der Waals surface area contributed by atoms with Crippen LogP contribution in [0, 0.1) is 0 Å². The van der Waals surface area contributed by atoms with E-state index in [-0.39, 0.29) is 22.8 Å². The third-order valence-corrected chi connectivity index (χ3v) is 4.19. The van der Waals surface area contributed by atoms with E-state index >= 15 is 0 Å². The van der Waals surface area contributed by atoms with E-state index in [4.69, 9.17) is 4.42 Å². The minimum atomic E-state index is -0.446. The summed E-state index contributed by atoms with van der Waals surface area (Å²) in [4.78, 5) is 13.2. The Kier molecular flexibility index (Phi) is 4.80. The number of carbonyl (C=O) groups excluding carboxylic acids is 1. The first-order valence-corrected chi connectivity index (χ1v) is 8.72. The molecular formula is C23H16N2O3. The molecule has 0 fully saturated rings. The number of azo groups is 1. The van der Waals surface area contributed by atoms with E-state index in [2.05, 4.69) is 10.2 Å². The van der Waals surface area contributed by atoms with Gasteiger partial charge < -0.3 is 9.52 Å². The fraction of sp³-hybridized carbons (Fsp3) is 0. The van der Waals surface area contributed by atoms with Gasteiger partial charge in [0.25, 0.3) is 0 Å². The van der Waals surface area contributed by atoms with Crippen LogP contribution in [-0.4, -0.2) is 10.9 Å². The van der Waals surface area contributed by atoms with Gasteiger partial charge in [0, 0.05) is 11.1 Å². The Labute approximate surface area is 161 Å². The van der Waals surface area contributed by atoms with Crippen LogP contribution in [0.25, 0.3) is 11.3 Å². The summed E-state index contributed by atoms with van der Waals surface area (Å²) in [7, 11) is 0. The van der Waals surface area contributed by atoms with Crippen LogP contribution in [-0.2, 0) is 0 Å². The van der Waals surface area contributed by atoms with Crippen LogP contribution < -0.4 is 0 Å². The van der Waals surface area contributed by atoms with Crippen molar-refractivity contribution < 1.29 is 14.3 Å². The fourth-order valence-electron chi connectivity index (χ4n) is 2.84. The minimum Gasteiger partial charge on any atom is -0.479 e. The van der Waals surface area contributed by atoms with Gasteiger partial charge in [-0.25, -0.2) is 0 Å². The molecule has 4 aromatic rings. The summed E-state index contributed by atoms with van der Waals surface area (Å²) in [5.74, 6) is -0.489. The highest BCUT2D eigenvalue weighted by Gasteiger charge is 2.27. The molecule has 0 aliphatic rings. The zero-order chi connectivity index (χ0) is 19.3. The number of ketones is 1. The molecule has 28 heavy (non-hydrogen) atoms. The van der Waals surface area contributed by atoms with Crippen molar-refractivity contribution in [2.75, 3.05) is 0 Å². The normalized spacial score (nSPS) is 11.0. The van der Waals surface area contributed by atoms with Gasteiger partial charge >= 0.3 is 5.95 Å². The molecule has 0 radical (unpaired) electrons. The summed E-state index contributed by atoms with van der Waals surface area (Å²) in [6.07, 6.45) is 0. The van der Waals surface area contributed by atoms with E-state index in [9.17, 15) is 9.90 Å². The second kappa shape index (κ2) is 7.72. The van der Waals surface area contributed by atoms with E-state index in [0.29, 0.717) is 16.8 Å². The van der Waals surface area contributed by atoms with Crippen molar-refractivity contribution in [2.45, 2.75) is 0 Å². The van der Waals surface area contributed by atoms with E-state index < -0.39 is 5.95 Å². The van der Waals surface area contributed by atoms with E-state index in [1.54, 1.807) is 48.5 Å². The van der Waals surface area contributed by atoms with Crippen molar-refractivity contribution in [1.82, 2.24) is 0 Å². The molecule has 5 heteroatoms. The zero-order valence-corrected chi connectivity index (χ0v) is 14.8. The van der Waals surface area contributed by atoms with Crippen LogP contribution in [0.15, 0.2) is 106 Å². The number of nitrogens with zero attached hydrogens (tertiary/aromatic N) is 2. The molecule has 0 amide bonds. The van der Waals surface area contributed by atoms with Gasteiger partial charge in [0.05, 0.1) is 5.69 Å². The zero-order valence-electron chi connectivity index (χ0n) is 14.8. The summed E-state index contributed by atoms with van der Waals surface area (Å²) in [6.45, 7) is 0. The lowest BCUT2D eigenvalue weighted by atomic mass is 9.99. The highest BCUT2D eigenvalue weighted by molar-refractivity contribution is 6.15. The lowest BCUT2D eigenvalue weighted by molar-refractivity contribution is 0.103. The monoisotopic (exact) mass is 368 g/mol. The number of hydrogen-bond donors (Lipinski definition) is 1. The van der Waals surface area contributed by atoms with Crippen LogP contribution in [0.4, 0.5) is 11.4 Å². The number of aromatic hydroxyl groups is 1. The Morgan fingerprint density at radius 3 is 1.96 bits per heavy atom. The molecule has 0 atom stereocenters. The summed E-state index contributed by atoms with van der Waals surface area (Å²) in [5, 5.41) is 18.6. The first-order chi connectivity index (χ1) is 13.7. The van der Waals surface area contributed by atoms with Gasteiger partial charge in [-0.3, -0.25) is 4.79 Å². The molecule has 136 valence electrons. The predicted molar refractivity (Wildman–Crippen MR) is 106 cm³/mol. The van der Waals surface area contributed by atoms with Gasteiger partial charge in [0.2, 0.25) is 0 Å². The summed E-state index contributed by atoms with van der Waals surface area (Å²) < 4.78 is 5.54. The number of carbonyl (C=O) groups is 1. The third-order valence-electron chi connectivity index (χ3n) is 4.19. The third kappa shape index (κ3) is 3.46. The van der Waals surface area contributed by atoms with Crippen LogP contribution in [0.2, 0.25) is 0 Å². The second-order valence-electron chi connectivity index (χ2n) is 6.06. The Morgan fingerprint density at radius 1 is 0.750 bits per heavy atom. The topological polar surface area (TPSA) is 75.2 Å². The first-order valence-electron chi connectivity index (χ1n) is 8.72. The van der Waals surface area contributed by atoms with Crippen molar-refractivity contribution in [2.24, 2.45) is 10.2 Å². The molecule has 5 nitrogen and oxygen atoms in total. The van der Waals surface area contributed by atoms with Crippen LogP contribution in [0.1, 0.15) is 15.9 Å². The molecule has 0 aliphatic carbocycles. The van der Waals surface area contributed by atoms with Crippen LogP contribution in [0.3, 0.4) is 0 Å². The van der Waals surface area contributed by atoms with Crippen LogP contribution >= 0.6 is 0 Å². The number of benzene rings is 3. The molecule has 1 heterocycles. The van der Waals surface area contributed by atoms with Crippen molar-refractivity contribution in [3.63, 3.8) is 0 Å². The molecule has 1 N–H and O–H groups in total. The average molecular weight is 368 g/mol. The molecule has 0 unspecified atom stereocenters. The predicted octanol–water partition coefficient (Wildman–Crippen LogP) is 6.30. The smallest absolute Gasteiger partial charge is 0.312 e. The average Bonchev–Trinajstić information content (AvgIpc) is 3.10. The lowest BCUT2D eigenvalue weighted by Crippen LogP contribution is -2.01. The Morgan fingerprint density at radius 2 is 1.32 bits per heavy atom. The quantitative estimate of drug-likeness (QED) is 0.332. The molecular weight excluding hydrogens is 352 g/mol. The van der Waals surface area contributed by atoms with Crippen molar-refractivity contribution in [1.29, 1.82) is 0 Å². The van der Waals surface area contributed by atoms with Crippen LogP contribution in [0.5, 0.6) is 5.95 Å². The molecule has 4 rings (SSSR count). The molecule has 0 saturated carbocycles. The van der Waals surface area contributed by atoms with Crippen molar-refractivity contribution in [3.05, 3.63) is 102 Å². The highest BCUT2D eigenvalue weighted by atomic mass is 16.5. The number of hydrogen-bond acceptors (Lipinski definition) is 5. The summed E-state index contributed by atoms with van der Waals surface area (Å²) in [6, 6.07) is 27.0. The Balaban J connectivity index is 1.87. The van der Waals surface area contributed by atoms with Gasteiger partial charge in [-0.1, -0.05) is 78.9 Å². The maximum absolute atomic E-state index is 13.2. The lowest BCUT2D eigenvalue weighted by Gasteiger charge is -2.03. The fourth-order valence-corrected chi connectivity index (χ4v) is 2.84. The molecule has 0 aliphatic heterocycles. The number of rotatable bonds is 5. The molecule has 1 aromatic heterocycles. The molecule has 0 bridgehead atoms. The van der Waals surface area contributed by atoms with Gasteiger partial charge in [-0.2, -0.15) is 5.11 Å². The number of furan rings is 1. The van der Waals surface area contributed by atoms with Crippen molar-refractivity contribution >= 4 is 17.2 Å². The van der Waals surface area contributed by atoms with E-state index in [1.807, 2.05) is 42.5 Å². The maximum Gasteiger partial charge on any atom is 0.312 e. The maximum atomic E-state index is 13.2. The second-order valence-corrected chi connectivity index (χ2v) is 6.06. The van der Waals surface area contributed by atoms with Gasteiger partial charge in [0.15, 0.2) is 17.2 Å². The molecule has 0 spiro atoms. The van der Waals surface area contributed by atoms with E-state index in [0.717, 1.165) is 0 Å². The first kappa shape index (κ1) is 17.4. The highest BCUT2D eigenvalue weighted by Crippen LogP contribution is 2.43. The Hall–Kier alpha value is -3.99. The largest absolute Gasteiger partial charge is 0.479 e. The van der Waals surface area contributed by atoms with Gasteiger partial charge in [-0.15, -0.1) is 5.11 Å². The van der Waals surface area contributed by atoms with Gasteiger partial charge in [0.1, 0.15) is 5.56 Å². The molecule has 3 aromatic carbocycles. The van der Waals surface area contributed by atoms with E-state index in [1.165, 1.54) is 0 Å². The SMILES string of the molecule is O=C(c1ccccc1)c1c(-c2ccccc2)oc(O)c1N=Nc1ccccc1. The molecule has 0 saturated heterocycles. The standard InChI is InChI=1S/C23H16N2O3/c26-21(16-10-4-1-5-11-16)19-20(25-24-18-14-8-3-9-15-18)23(27)28-22(19)17-12-6-2-7-13-17/h1-15,27H. The van der Waals surface area contributed by atoms with Crippen molar-refractivity contribution in [3.8, 4) is 17.3 Å². The minimum absolute atomic E-state index is 0.0107. The summed E-state index contributed by atoms with van der Waals surface area (Å²) in [5.41, 5.74) is 1.92. The summed E-state index contributed by atoms with van der Waals surface area (Å²) >= 11 is 0. The Bertz CT molecular complexity index is 1120.